The van der Waals surface area contributed by atoms with Gasteiger partial charge in [-0.2, -0.15) is 4.98 Å². The molecule has 0 aliphatic rings. The van der Waals surface area contributed by atoms with E-state index in [1.165, 1.54) is 11.3 Å². The maximum absolute atomic E-state index is 12.1. The summed E-state index contributed by atoms with van der Waals surface area (Å²) < 4.78 is 10.3. The highest BCUT2D eigenvalue weighted by molar-refractivity contribution is 7.13. The molecule has 0 saturated carbocycles. The lowest BCUT2D eigenvalue weighted by atomic mass is 10.3. The number of thiazole rings is 1. The maximum Gasteiger partial charge on any atom is 0.340 e. The first-order valence-corrected chi connectivity index (χ1v) is 7.97. The van der Waals surface area contributed by atoms with Gasteiger partial charge in [0, 0.05) is 23.3 Å². The zero-order chi connectivity index (χ0) is 17.1. The van der Waals surface area contributed by atoms with Gasteiger partial charge in [0.15, 0.2) is 10.8 Å². The number of nitrogens with one attached hydrogen (secondary N) is 2. The van der Waals surface area contributed by atoms with Crippen molar-refractivity contribution in [1.82, 2.24) is 25.5 Å². The van der Waals surface area contributed by atoms with Crippen LogP contribution in [0, 0.1) is 0 Å². The molecule has 2 N–H and O–H groups in total. The van der Waals surface area contributed by atoms with E-state index in [4.69, 9.17) is 8.94 Å². The van der Waals surface area contributed by atoms with E-state index in [0.29, 0.717) is 16.6 Å². The SMILES string of the molecule is O=C(NNc1nc(-c2ccncc2)no1)c1csc(-c2ccco2)n1. The van der Waals surface area contributed by atoms with Crippen LogP contribution in [0.15, 0.2) is 57.2 Å². The average molecular weight is 354 g/mol. The van der Waals surface area contributed by atoms with Gasteiger partial charge in [0.25, 0.3) is 5.91 Å². The fraction of sp³-hybridized carbons (Fsp3) is 0. The molecule has 1 amide bonds. The molecule has 0 aliphatic heterocycles. The molecule has 10 heteroatoms. The Bertz CT molecular complexity index is 980. The largest absolute Gasteiger partial charge is 0.462 e. The third kappa shape index (κ3) is 3.23. The lowest BCUT2D eigenvalue weighted by Crippen LogP contribution is -2.29. The molecular weight excluding hydrogens is 344 g/mol. The highest BCUT2D eigenvalue weighted by Gasteiger charge is 2.14. The molecule has 4 rings (SSSR count). The number of anilines is 1. The first-order chi connectivity index (χ1) is 12.3. The van der Waals surface area contributed by atoms with Gasteiger partial charge >= 0.3 is 6.01 Å². The Labute approximate surface area is 144 Å². The summed E-state index contributed by atoms with van der Waals surface area (Å²) in [6.07, 6.45) is 4.80. The standard InChI is InChI=1S/C15H10N6O3S/c22-13(10-8-25-14(17-10)11-2-1-7-23-11)19-20-15-18-12(21-24-15)9-3-5-16-6-4-9/h1-8H,(H,19,22)(H,18,20,21). The van der Waals surface area contributed by atoms with E-state index < -0.39 is 5.91 Å². The van der Waals surface area contributed by atoms with E-state index in [0.717, 1.165) is 5.56 Å². The number of hydrogen-bond donors (Lipinski definition) is 2. The van der Waals surface area contributed by atoms with Crippen LogP contribution in [-0.2, 0) is 0 Å². The quantitative estimate of drug-likeness (QED) is 0.525. The van der Waals surface area contributed by atoms with Crippen molar-refractivity contribution in [1.29, 1.82) is 0 Å². The monoisotopic (exact) mass is 354 g/mol. The van der Waals surface area contributed by atoms with Crippen LogP contribution in [0.2, 0.25) is 0 Å². The molecule has 4 aromatic heterocycles. The van der Waals surface area contributed by atoms with Crippen LogP contribution in [0.4, 0.5) is 6.01 Å². The van der Waals surface area contributed by atoms with Crippen LogP contribution in [0.25, 0.3) is 22.2 Å². The minimum atomic E-state index is -0.433. The number of nitrogens with zero attached hydrogens (tertiary/aromatic N) is 4. The van der Waals surface area contributed by atoms with Crippen LogP contribution in [0.1, 0.15) is 10.5 Å². The summed E-state index contributed by atoms with van der Waals surface area (Å²) in [7, 11) is 0. The van der Waals surface area contributed by atoms with Crippen molar-refractivity contribution in [3.8, 4) is 22.2 Å². The van der Waals surface area contributed by atoms with E-state index >= 15 is 0 Å². The number of amides is 1. The first kappa shape index (κ1) is 15.0. The molecule has 0 unspecified atom stereocenters. The minimum Gasteiger partial charge on any atom is -0.462 e. The lowest BCUT2D eigenvalue weighted by Gasteiger charge is -2.01. The normalized spacial score (nSPS) is 10.6. The smallest absolute Gasteiger partial charge is 0.340 e. The summed E-state index contributed by atoms with van der Waals surface area (Å²) in [6.45, 7) is 0. The summed E-state index contributed by atoms with van der Waals surface area (Å²) in [4.78, 5) is 24.4. The number of aromatic nitrogens is 4. The summed E-state index contributed by atoms with van der Waals surface area (Å²) >= 11 is 1.31. The molecule has 0 aromatic carbocycles. The van der Waals surface area contributed by atoms with Gasteiger partial charge in [-0.15, -0.1) is 11.3 Å². The van der Waals surface area contributed by atoms with E-state index in [2.05, 4.69) is 31.0 Å². The van der Waals surface area contributed by atoms with Crippen molar-refractivity contribution >= 4 is 23.3 Å². The molecule has 0 atom stereocenters. The van der Waals surface area contributed by atoms with Gasteiger partial charge in [-0.05, 0) is 24.3 Å². The highest BCUT2D eigenvalue weighted by atomic mass is 32.1. The van der Waals surface area contributed by atoms with Gasteiger partial charge in [0.1, 0.15) is 5.69 Å². The van der Waals surface area contributed by atoms with Gasteiger partial charge in [-0.25, -0.2) is 10.4 Å². The van der Waals surface area contributed by atoms with Gasteiger partial charge < -0.3 is 8.94 Å². The Balaban J connectivity index is 1.40. The molecule has 0 saturated heterocycles. The third-order valence-electron chi connectivity index (χ3n) is 3.12. The predicted molar refractivity (Wildman–Crippen MR) is 88.4 cm³/mol. The van der Waals surface area contributed by atoms with Crippen molar-refractivity contribution < 1.29 is 13.7 Å². The number of hydrogen-bond acceptors (Lipinski definition) is 9. The molecule has 4 aromatic rings. The van der Waals surface area contributed by atoms with E-state index in [-0.39, 0.29) is 11.7 Å². The zero-order valence-corrected chi connectivity index (χ0v) is 13.4. The predicted octanol–water partition coefficient (Wildman–Crippen LogP) is 2.61. The summed E-state index contributed by atoms with van der Waals surface area (Å²) in [5, 5.41) is 6.07. The Hall–Kier alpha value is -3.53. The zero-order valence-electron chi connectivity index (χ0n) is 12.5. The van der Waals surface area contributed by atoms with Crippen molar-refractivity contribution in [2.75, 3.05) is 5.43 Å². The number of pyridine rings is 1. The Morgan fingerprint density at radius 1 is 1.16 bits per heavy atom. The summed E-state index contributed by atoms with van der Waals surface area (Å²) in [5.41, 5.74) is 6.02. The molecule has 0 fully saturated rings. The summed E-state index contributed by atoms with van der Waals surface area (Å²) in [6, 6.07) is 7.09. The Morgan fingerprint density at radius 2 is 2.04 bits per heavy atom. The second kappa shape index (κ2) is 6.53. The molecule has 9 nitrogen and oxygen atoms in total. The number of carbonyl (C=O) groups excluding carboxylic acids is 1. The minimum absolute atomic E-state index is 0.0571. The van der Waals surface area contributed by atoms with Crippen LogP contribution in [-0.4, -0.2) is 26.0 Å². The van der Waals surface area contributed by atoms with Crippen molar-refractivity contribution in [2.45, 2.75) is 0 Å². The Morgan fingerprint density at radius 3 is 2.84 bits per heavy atom. The van der Waals surface area contributed by atoms with Gasteiger partial charge in [-0.3, -0.25) is 15.2 Å². The number of hydrazine groups is 1. The molecule has 4 heterocycles. The fourth-order valence-electron chi connectivity index (χ4n) is 1.96. The average Bonchev–Trinajstić information content (AvgIpc) is 3.41. The molecule has 0 bridgehead atoms. The number of rotatable bonds is 5. The maximum atomic E-state index is 12.1. The van der Waals surface area contributed by atoms with Crippen molar-refractivity contribution in [2.24, 2.45) is 0 Å². The van der Waals surface area contributed by atoms with E-state index in [9.17, 15) is 4.79 Å². The number of furan rings is 1. The van der Waals surface area contributed by atoms with Crippen LogP contribution < -0.4 is 10.9 Å². The van der Waals surface area contributed by atoms with Crippen molar-refractivity contribution in [3.05, 3.63) is 54.0 Å². The fourth-order valence-corrected chi connectivity index (χ4v) is 2.72. The Kier molecular flexibility index (Phi) is 3.92. The second-order valence-corrected chi connectivity index (χ2v) is 5.61. The second-order valence-electron chi connectivity index (χ2n) is 4.75. The number of carbonyl (C=O) groups is 1. The first-order valence-electron chi connectivity index (χ1n) is 7.09. The lowest BCUT2D eigenvalue weighted by molar-refractivity contribution is 0.0957. The molecule has 0 spiro atoms. The van der Waals surface area contributed by atoms with Crippen molar-refractivity contribution in [3.63, 3.8) is 0 Å². The van der Waals surface area contributed by atoms with Gasteiger partial charge in [0.2, 0.25) is 5.82 Å². The molecule has 0 radical (unpaired) electrons. The van der Waals surface area contributed by atoms with Crippen LogP contribution in [0.5, 0.6) is 0 Å². The van der Waals surface area contributed by atoms with E-state index in [1.807, 2.05) is 0 Å². The van der Waals surface area contributed by atoms with Gasteiger partial charge in [0.05, 0.1) is 6.26 Å². The topological polar surface area (TPSA) is 119 Å². The molecule has 25 heavy (non-hydrogen) atoms. The van der Waals surface area contributed by atoms with E-state index in [1.54, 1.807) is 48.3 Å². The molecule has 0 aliphatic carbocycles. The van der Waals surface area contributed by atoms with Crippen LogP contribution >= 0.6 is 11.3 Å². The highest BCUT2D eigenvalue weighted by Crippen LogP contribution is 2.23. The third-order valence-corrected chi connectivity index (χ3v) is 3.97. The molecular formula is C15H10N6O3S. The summed E-state index contributed by atoms with van der Waals surface area (Å²) in [5.74, 6) is 0.557. The van der Waals surface area contributed by atoms with Gasteiger partial charge in [-0.1, -0.05) is 5.16 Å². The van der Waals surface area contributed by atoms with Crippen LogP contribution in [0.3, 0.4) is 0 Å². The molecule has 124 valence electrons.